The number of carbonyl (C=O) groups excluding carboxylic acids is 3. The Labute approximate surface area is 156 Å². The third kappa shape index (κ3) is 2.91. The molecule has 7 heteroatoms. The molecular formula is C20H18N2O5. The van der Waals surface area contributed by atoms with Gasteiger partial charge in [-0.2, -0.15) is 0 Å². The summed E-state index contributed by atoms with van der Waals surface area (Å²) in [6.07, 6.45) is 0. The number of fused-ring (bicyclic) bond motifs is 1. The Morgan fingerprint density at radius 3 is 2.52 bits per heavy atom. The number of urea groups is 1. The molecule has 0 aliphatic carbocycles. The zero-order chi connectivity index (χ0) is 19.1. The molecule has 3 amide bonds. The van der Waals surface area contributed by atoms with Gasteiger partial charge in [-0.25, -0.2) is 4.79 Å². The zero-order valence-corrected chi connectivity index (χ0v) is 15.0. The van der Waals surface area contributed by atoms with Crippen LogP contribution in [-0.4, -0.2) is 42.0 Å². The number of hydrogen-bond donors (Lipinski definition) is 0. The lowest BCUT2D eigenvalue weighted by atomic mass is 10.1. The molecule has 1 saturated heterocycles. The highest BCUT2D eigenvalue weighted by Gasteiger charge is 2.44. The molecule has 0 saturated carbocycles. The van der Waals surface area contributed by atoms with Crippen molar-refractivity contribution in [2.75, 3.05) is 18.2 Å². The van der Waals surface area contributed by atoms with E-state index in [0.29, 0.717) is 22.7 Å². The third-order valence-electron chi connectivity index (χ3n) is 4.76. The molecular weight excluding hydrogens is 348 g/mol. The molecule has 2 aromatic carbocycles. The van der Waals surface area contributed by atoms with Crippen LogP contribution in [-0.2, 0) is 4.79 Å². The fourth-order valence-electron chi connectivity index (χ4n) is 3.22. The van der Waals surface area contributed by atoms with E-state index in [-0.39, 0.29) is 19.1 Å². The number of imide groups is 1. The minimum absolute atomic E-state index is 0.110. The van der Waals surface area contributed by atoms with Gasteiger partial charge in [-0.1, -0.05) is 17.7 Å². The van der Waals surface area contributed by atoms with Crippen LogP contribution in [0.3, 0.4) is 0 Å². The third-order valence-corrected chi connectivity index (χ3v) is 4.76. The molecule has 7 nitrogen and oxygen atoms in total. The van der Waals surface area contributed by atoms with Gasteiger partial charge in [-0.3, -0.25) is 19.4 Å². The van der Waals surface area contributed by atoms with Gasteiger partial charge in [0.15, 0.2) is 17.3 Å². The largest absolute Gasteiger partial charge is 0.454 e. The van der Waals surface area contributed by atoms with Gasteiger partial charge in [-0.15, -0.1) is 0 Å². The standard InChI is InChI=1S/C20H18N2O5/c1-12-3-6-15(7-4-12)22-13(2)19(24)21(20(22)25)10-16(23)14-5-8-17-18(9-14)27-11-26-17/h3-9,13H,10-11H2,1-2H3. The number of carbonyl (C=O) groups is 3. The highest BCUT2D eigenvalue weighted by Crippen LogP contribution is 2.33. The SMILES string of the molecule is Cc1ccc(N2C(=O)N(CC(=O)c3ccc4c(c3)OCO4)C(=O)C2C)cc1. The second-order valence-electron chi connectivity index (χ2n) is 6.58. The van der Waals surface area contributed by atoms with Crippen LogP contribution >= 0.6 is 0 Å². The predicted molar refractivity (Wildman–Crippen MR) is 97.1 cm³/mol. The van der Waals surface area contributed by atoms with Crippen LogP contribution in [0.25, 0.3) is 0 Å². The van der Waals surface area contributed by atoms with Crippen LogP contribution < -0.4 is 14.4 Å². The predicted octanol–water partition coefficient (Wildman–Crippen LogP) is 2.76. The minimum Gasteiger partial charge on any atom is -0.454 e. The summed E-state index contributed by atoms with van der Waals surface area (Å²) in [7, 11) is 0. The summed E-state index contributed by atoms with van der Waals surface area (Å²) in [5, 5.41) is 0. The van der Waals surface area contributed by atoms with Gasteiger partial charge in [-0.05, 0) is 44.2 Å². The van der Waals surface area contributed by atoms with E-state index >= 15 is 0 Å². The number of anilines is 1. The second-order valence-corrected chi connectivity index (χ2v) is 6.58. The average molecular weight is 366 g/mol. The Balaban J connectivity index is 1.55. The fourth-order valence-corrected chi connectivity index (χ4v) is 3.22. The van der Waals surface area contributed by atoms with Crippen molar-refractivity contribution in [3.8, 4) is 11.5 Å². The van der Waals surface area contributed by atoms with Gasteiger partial charge in [0.1, 0.15) is 6.04 Å². The van der Waals surface area contributed by atoms with Crippen molar-refractivity contribution in [1.82, 2.24) is 4.90 Å². The maximum absolute atomic E-state index is 12.8. The molecule has 0 bridgehead atoms. The molecule has 0 radical (unpaired) electrons. The van der Waals surface area contributed by atoms with Crippen LogP contribution in [0, 0.1) is 6.92 Å². The Kier molecular flexibility index (Phi) is 4.07. The molecule has 0 N–H and O–H groups in total. The molecule has 4 rings (SSSR count). The van der Waals surface area contributed by atoms with Crippen molar-refractivity contribution < 1.29 is 23.9 Å². The van der Waals surface area contributed by atoms with E-state index in [1.54, 1.807) is 37.3 Å². The van der Waals surface area contributed by atoms with Crippen LogP contribution in [0.5, 0.6) is 11.5 Å². The number of aryl methyl sites for hydroxylation is 1. The number of ether oxygens (including phenoxy) is 2. The van der Waals surface area contributed by atoms with Gasteiger partial charge < -0.3 is 9.47 Å². The van der Waals surface area contributed by atoms with Gasteiger partial charge in [0.05, 0.1) is 6.54 Å². The first-order valence-electron chi connectivity index (χ1n) is 8.60. The Bertz CT molecular complexity index is 938. The molecule has 27 heavy (non-hydrogen) atoms. The summed E-state index contributed by atoms with van der Waals surface area (Å²) in [6.45, 7) is 3.40. The van der Waals surface area contributed by atoms with Crippen molar-refractivity contribution in [3.63, 3.8) is 0 Å². The monoisotopic (exact) mass is 366 g/mol. The maximum Gasteiger partial charge on any atom is 0.332 e. The first kappa shape index (κ1) is 17.1. The zero-order valence-electron chi connectivity index (χ0n) is 15.0. The lowest BCUT2D eigenvalue weighted by Crippen LogP contribution is -2.37. The van der Waals surface area contributed by atoms with Crippen molar-refractivity contribution in [2.24, 2.45) is 0 Å². The van der Waals surface area contributed by atoms with Crippen LogP contribution in [0.1, 0.15) is 22.8 Å². The molecule has 1 atom stereocenters. The summed E-state index contributed by atoms with van der Waals surface area (Å²) in [4.78, 5) is 40.4. The minimum atomic E-state index is -0.662. The number of ketones is 1. The Morgan fingerprint density at radius 2 is 1.78 bits per heavy atom. The van der Waals surface area contributed by atoms with Crippen LogP contribution in [0.15, 0.2) is 42.5 Å². The van der Waals surface area contributed by atoms with E-state index < -0.39 is 18.0 Å². The highest BCUT2D eigenvalue weighted by molar-refractivity contribution is 6.16. The Hall–Kier alpha value is -3.35. The average Bonchev–Trinajstić information content (AvgIpc) is 3.21. The van der Waals surface area contributed by atoms with E-state index in [0.717, 1.165) is 10.5 Å². The Morgan fingerprint density at radius 1 is 1.07 bits per heavy atom. The molecule has 2 heterocycles. The summed E-state index contributed by atoms with van der Waals surface area (Å²) in [5.41, 5.74) is 2.05. The summed E-state index contributed by atoms with van der Waals surface area (Å²) in [5.74, 6) is 0.316. The number of Topliss-reactive ketones (excluding diaryl/α,β-unsaturated/α-hetero) is 1. The van der Waals surface area contributed by atoms with Crippen molar-refractivity contribution in [2.45, 2.75) is 19.9 Å². The van der Waals surface area contributed by atoms with Gasteiger partial charge in [0, 0.05) is 11.3 Å². The van der Waals surface area contributed by atoms with Crippen LogP contribution in [0.2, 0.25) is 0 Å². The first-order chi connectivity index (χ1) is 13.0. The van der Waals surface area contributed by atoms with Gasteiger partial charge >= 0.3 is 6.03 Å². The lowest BCUT2D eigenvalue weighted by Gasteiger charge is -2.19. The topological polar surface area (TPSA) is 76.2 Å². The van der Waals surface area contributed by atoms with E-state index in [1.807, 2.05) is 19.1 Å². The van der Waals surface area contributed by atoms with E-state index in [4.69, 9.17) is 9.47 Å². The lowest BCUT2D eigenvalue weighted by molar-refractivity contribution is -0.126. The molecule has 2 aromatic rings. The fraction of sp³-hybridized carbons (Fsp3) is 0.250. The molecule has 138 valence electrons. The van der Waals surface area contributed by atoms with Crippen molar-refractivity contribution in [3.05, 3.63) is 53.6 Å². The number of amides is 3. The smallest absolute Gasteiger partial charge is 0.332 e. The van der Waals surface area contributed by atoms with Gasteiger partial charge in [0.2, 0.25) is 6.79 Å². The number of hydrogen-bond acceptors (Lipinski definition) is 5. The summed E-state index contributed by atoms with van der Waals surface area (Å²) >= 11 is 0. The molecule has 2 aliphatic heterocycles. The van der Waals surface area contributed by atoms with E-state index in [9.17, 15) is 14.4 Å². The van der Waals surface area contributed by atoms with E-state index in [1.165, 1.54) is 4.90 Å². The van der Waals surface area contributed by atoms with Crippen molar-refractivity contribution in [1.29, 1.82) is 0 Å². The van der Waals surface area contributed by atoms with Crippen molar-refractivity contribution >= 4 is 23.4 Å². The van der Waals surface area contributed by atoms with E-state index in [2.05, 4.69) is 0 Å². The van der Waals surface area contributed by atoms with Crippen LogP contribution in [0.4, 0.5) is 10.5 Å². The summed E-state index contributed by atoms with van der Waals surface area (Å²) < 4.78 is 10.5. The molecule has 2 aliphatic rings. The first-order valence-corrected chi connectivity index (χ1v) is 8.60. The molecule has 0 aromatic heterocycles. The number of benzene rings is 2. The highest BCUT2D eigenvalue weighted by atomic mass is 16.7. The number of rotatable bonds is 4. The van der Waals surface area contributed by atoms with Gasteiger partial charge in [0.25, 0.3) is 5.91 Å². The second kappa shape index (κ2) is 6.42. The molecule has 1 unspecified atom stereocenters. The molecule has 0 spiro atoms. The molecule has 1 fully saturated rings. The quantitative estimate of drug-likeness (QED) is 0.614. The number of nitrogens with zero attached hydrogens (tertiary/aromatic N) is 2. The summed E-state index contributed by atoms with van der Waals surface area (Å²) in [6, 6.07) is 11.0. The maximum atomic E-state index is 12.8. The normalized spacial score (nSPS) is 18.4.